The number of hydrogen-bond donors (Lipinski definition) is 1. The van der Waals surface area contributed by atoms with Crippen molar-refractivity contribution >= 4 is 34.2 Å². The van der Waals surface area contributed by atoms with Gasteiger partial charge < -0.3 is 5.32 Å². The van der Waals surface area contributed by atoms with Gasteiger partial charge in [-0.15, -0.1) is 0 Å². The maximum absolute atomic E-state index is 12.4. The highest BCUT2D eigenvalue weighted by atomic mass is 127. The second-order valence-corrected chi connectivity index (χ2v) is 7.09. The molecule has 0 spiro atoms. The van der Waals surface area contributed by atoms with Crippen LogP contribution < -0.4 is 5.32 Å². The zero-order valence-corrected chi connectivity index (χ0v) is 16.0. The quantitative estimate of drug-likeness (QED) is 0.433. The lowest BCUT2D eigenvalue weighted by molar-refractivity contribution is -0.384. The number of nitro benzene ring substituents is 1. The summed E-state index contributed by atoms with van der Waals surface area (Å²) in [5.74, 6) is -0.216. The third-order valence-electron chi connectivity index (χ3n) is 3.81. The minimum Gasteiger partial charge on any atom is -0.349 e. The molecule has 1 N–H and O–H groups in total. The van der Waals surface area contributed by atoms with Crippen molar-refractivity contribution in [2.75, 3.05) is 0 Å². The number of nitrogens with one attached hydrogen (secondary N) is 1. The van der Waals surface area contributed by atoms with Gasteiger partial charge in [-0.1, -0.05) is 23.8 Å². The van der Waals surface area contributed by atoms with Crippen LogP contribution in [0.2, 0.25) is 0 Å². The molecule has 0 aliphatic rings. The second kappa shape index (κ2) is 7.74. The normalized spacial score (nSPS) is 11.8. The van der Waals surface area contributed by atoms with E-state index in [1.807, 2.05) is 29.5 Å². The number of non-ortho nitro benzene ring substituents is 1. The van der Waals surface area contributed by atoms with E-state index >= 15 is 0 Å². The van der Waals surface area contributed by atoms with Crippen LogP contribution in [0.5, 0.6) is 0 Å². The summed E-state index contributed by atoms with van der Waals surface area (Å²) in [6, 6.07) is 10.5. The van der Waals surface area contributed by atoms with Crippen molar-refractivity contribution < 1.29 is 9.72 Å². The number of amides is 1. The van der Waals surface area contributed by atoms with Gasteiger partial charge in [-0.3, -0.25) is 14.9 Å². The van der Waals surface area contributed by atoms with Crippen molar-refractivity contribution in [2.24, 2.45) is 0 Å². The molecule has 0 heterocycles. The summed E-state index contributed by atoms with van der Waals surface area (Å²) >= 11 is 1.95. The third-order valence-corrected chi connectivity index (χ3v) is 4.70. The van der Waals surface area contributed by atoms with Crippen LogP contribution in [0.3, 0.4) is 0 Å². The van der Waals surface area contributed by atoms with Crippen molar-refractivity contribution in [3.63, 3.8) is 0 Å². The summed E-state index contributed by atoms with van der Waals surface area (Å²) in [5, 5.41) is 13.7. The van der Waals surface area contributed by atoms with Gasteiger partial charge in [0, 0.05) is 21.7 Å². The molecule has 0 aromatic heterocycles. The zero-order chi connectivity index (χ0) is 17.9. The summed E-state index contributed by atoms with van der Waals surface area (Å²) in [4.78, 5) is 22.7. The number of carbonyl (C=O) groups excluding carboxylic acids is 1. The molecule has 1 unspecified atom stereocenters. The first-order valence-electron chi connectivity index (χ1n) is 7.59. The van der Waals surface area contributed by atoms with Crippen molar-refractivity contribution in [1.29, 1.82) is 0 Å². The van der Waals surface area contributed by atoms with Gasteiger partial charge >= 0.3 is 0 Å². The maximum Gasteiger partial charge on any atom is 0.270 e. The van der Waals surface area contributed by atoms with E-state index in [4.69, 9.17) is 0 Å². The molecule has 126 valence electrons. The number of rotatable bonds is 5. The number of nitrogens with zero attached hydrogens (tertiary/aromatic N) is 1. The number of aryl methyl sites for hydroxylation is 2. The second-order valence-electron chi connectivity index (χ2n) is 5.93. The largest absolute Gasteiger partial charge is 0.349 e. The lowest BCUT2D eigenvalue weighted by Crippen LogP contribution is -2.34. The van der Waals surface area contributed by atoms with Gasteiger partial charge in [0.2, 0.25) is 0 Å². The molecule has 6 heteroatoms. The molecule has 2 aromatic rings. The Balaban J connectivity index is 2.07. The molecule has 1 atom stereocenters. The van der Waals surface area contributed by atoms with Crippen LogP contribution in [0.15, 0.2) is 36.4 Å². The Morgan fingerprint density at radius 3 is 2.54 bits per heavy atom. The van der Waals surface area contributed by atoms with Crippen molar-refractivity contribution in [2.45, 2.75) is 33.2 Å². The summed E-state index contributed by atoms with van der Waals surface area (Å²) < 4.78 is 0.568. The molecule has 2 rings (SSSR count). The summed E-state index contributed by atoms with van der Waals surface area (Å²) in [6.07, 6.45) is 0.738. The molecule has 0 saturated heterocycles. The molecular weight excluding hydrogens is 419 g/mol. The average molecular weight is 438 g/mol. The molecule has 2 aromatic carbocycles. The fourth-order valence-corrected chi connectivity index (χ4v) is 3.30. The topological polar surface area (TPSA) is 72.2 Å². The van der Waals surface area contributed by atoms with E-state index in [0.29, 0.717) is 9.13 Å². The highest BCUT2D eigenvalue weighted by molar-refractivity contribution is 14.1. The Hall–Kier alpha value is -1.96. The van der Waals surface area contributed by atoms with Crippen LogP contribution in [0.4, 0.5) is 5.69 Å². The number of nitro groups is 1. The fourth-order valence-electron chi connectivity index (χ4n) is 2.56. The SMILES string of the molecule is Cc1ccc(CC(C)NC(=O)c2ccc([N+](=O)[O-])cc2I)c(C)c1. The van der Waals surface area contributed by atoms with E-state index in [0.717, 1.165) is 6.42 Å². The Labute approximate surface area is 154 Å². The smallest absolute Gasteiger partial charge is 0.270 e. The molecule has 0 aliphatic heterocycles. The molecule has 0 radical (unpaired) electrons. The Kier molecular flexibility index (Phi) is 5.93. The first-order chi connectivity index (χ1) is 11.3. The molecule has 5 nitrogen and oxygen atoms in total. The fraction of sp³-hybridized carbons (Fsp3) is 0.278. The van der Waals surface area contributed by atoms with Crippen molar-refractivity contribution in [1.82, 2.24) is 5.32 Å². The van der Waals surface area contributed by atoms with Gasteiger partial charge in [0.15, 0.2) is 0 Å². The number of benzene rings is 2. The van der Waals surface area contributed by atoms with Gasteiger partial charge in [-0.25, -0.2) is 0 Å². The van der Waals surface area contributed by atoms with Crippen LogP contribution in [-0.4, -0.2) is 16.9 Å². The molecular formula is C18H19IN2O3. The van der Waals surface area contributed by atoms with Crippen LogP contribution in [0.1, 0.15) is 34.0 Å². The Morgan fingerprint density at radius 2 is 1.96 bits per heavy atom. The first-order valence-corrected chi connectivity index (χ1v) is 8.66. The summed E-state index contributed by atoms with van der Waals surface area (Å²) in [7, 11) is 0. The van der Waals surface area contributed by atoms with Crippen LogP contribution >= 0.6 is 22.6 Å². The molecule has 0 fully saturated rings. The Bertz CT molecular complexity index is 790. The van der Waals surface area contributed by atoms with E-state index in [1.54, 1.807) is 0 Å². The number of halogens is 1. The zero-order valence-electron chi connectivity index (χ0n) is 13.8. The molecule has 0 aliphatic carbocycles. The molecule has 0 saturated carbocycles. The molecule has 0 bridgehead atoms. The summed E-state index contributed by atoms with van der Waals surface area (Å²) in [6.45, 7) is 6.07. The van der Waals surface area contributed by atoms with Gasteiger partial charge in [0.1, 0.15) is 0 Å². The van der Waals surface area contributed by atoms with Gasteiger partial charge in [-0.2, -0.15) is 0 Å². The van der Waals surface area contributed by atoms with E-state index in [2.05, 4.69) is 37.4 Å². The first kappa shape index (κ1) is 18.4. The van der Waals surface area contributed by atoms with E-state index < -0.39 is 4.92 Å². The monoisotopic (exact) mass is 438 g/mol. The predicted molar refractivity (Wildman–Crippen MR) is 102 cm³/mol. The number of hydrogen-bond acceptors (Lipinski definition) is 3. The minimum absolute atomic E-state index is 0.0146. The van der Waals surface area contributed by atoms with Gasteiger partial charge in [-0.05, 0) is 67.0 Å². The lowest BCUT2D eigenvalue weighted by Gasteiger charge is -2.16. The van der Waals surface area contributed by atoms with Crippen molar-refractivity contribution in [3.05, 3.63) is 72.3 Å². The maximum atomic E-state index is 12.4. The third kappa shape index (κ3) is 4.53. The van der Waals surface area contributed by atoms with E-state index in [9.17, 15) is 14.9 Å². The van der Waals surface area contributed by atoms with Crippen LogP contribution in [0.25, 0.3) is 0 Å². The predicted octanol–water partition coefficient (Wildman–Crippen LogP) is 4.18. The van der Waals surface area contributed by atoms with Crippen LogP contribution in [0, 0.1) is 27.5 Å². The van der Waals surface area contributed by atoms with Crippen molar-refractivity contribution in [3.8, 4) is 0 Å². The summed E-state index contributed by atoms with van der Waals surface area (Å²) in [5.41, 5.74) is 4.06. The lowest BCUT2D eigenvalue weighted by atomic mass is 10.00. The van der Waals surface area contributed by atoms with E-state index in [-0.39, 0.29) is 17.6 Å². The Morgan fingerprint density at radius 1 is 1.25 bits per heavy atom. The molecule has 24 heavy (non-hydrogen) atoms. The molecule has 1 amide bonds. The minimum atomic E-state index is -0.466. The van der Waals surface area contributed by atoms with Gasteiger partial charge in [0.25, 0.3) is 11.6 Å². The highest BCUT2D eigenvalue weighted by Crippen LogP contribution is 2.20. The average Bonchev–Trinajstić information content (AvgIpc) is 2.49. The van der Waals surface area contributed by atoms with Crippen LogP contribution in [-0.2, 0) is 6.42 Å². The van der Waals surface area contributed by atoms with E-state index in [1.165, 1.54) is 34.9 Å². The highest BCUT2D eigenvalue weighted by Gasteiger charge is 2.16. The number of carbonyl (C=O) groups is 1. The standard InChI is InChI=1S/C18H19IN2O3/c1-11-4-5-14(12(2)8-11)9-13(3)20-18(22)16-7-6-15(21(23)24)10-17(16)19/h4-8,10,13H,9H2,1-3H3,(H,20,22). The van der Waals surface area contributed by atoms with Gasteiger partial charge in [0.05, 0.1) is 10.5 Å².